The van der Waals surface area contributed by atoms with E-state index in [4.69, 9.17) is 0 Å². The summed E-state index contributed by atoms with van der Waals surface area (Å²) in [6.45, 7) is 7.66. The van der Waals surface area contributed by atoms with Crippen LogP contribution in [0, 0.1) is 6.92 Å². The third kappa shape index (κ3) is 2.93. The standard InChI is InChI=1S/C16H24N4O/c1-10(2)15-14(8-17-11(3)18-15)16(21)20-7-6-12-4-5-13(9-20)19-12/h8,10,12-13,19H,4-7,9H2,1-3H3. The molecule has 3 rings (SSSR count). The summed E-state index contributed by atoms with van der Waals surface area (Å²) in [6.07, 6.45) is 5.18. The van der Waals surface area contributed by atoms with E-state index in [1.807, 2.05) is 11.8 Å². The van der Waals surface area contributed by atoms with Crippen LogP contribution in [-0.2, 0) is 0 Å². The van der Waals surface area contributed by atoms with E-state index in [9.17, 15) is 4.79 Å². The number of hydrogen-bond acceptors (Lipinski definition) is 4. The van der Waals surface area contributed by atoms with Crippen molar-refractivity contribution in [3.63, 3.8) is 0 Å². The van der Waals surface area contributed by atoms with Gasteiger partial charge in [-0.3, -0.25) is 4.79 Å². The summed E-state index contributed by atoms with van der Waals surface area (Å²) in [6, 6.07) is 1.04. The number of carbonyl (C=O) groups excluding carboxylic acids is 1. The molecular weight excluding hydrogens is 264 g/mol. The molecule has 2 aliphatic heterocycles. The normalized spacial score (nSPS) is 25.2. The SMILES string of the molecule is Cc1ncc(C(=O)N2CCC3CCC(C2)N3)c(C(C)C)n1. The van der Waals surface area contributed by atoms with Gasteiger partial charge >= 0.3 is 0 Å². The lowest BCUT2D eigenvalue weighted by molar-refractivity contribution is 0.0745. The van der Waals surface area contributed by atoms with Gasteiger partial charge in [-0.15, -0.1) is 0 Å². The summed E-state index contributed by atoms with van der Waals surface area (Å²) < 4.78 is 0. The Hall–Kier alpha value is -1.49. The molecule has 0 radical (unpaired) electrons. The number of nitrogens with zero attached hydrogens (tertiary/aromatic N) is 3. The number of nitrogens with one attached hydrogen (secondary N) is 1. The Kier molecular flexibility index (Phi) is 3.93. The summed E-state index contributed by atoms with van der Waals surface area (Å²) in [5.41, 5.74) is 1.54. The number of hydrogen-bond donors (Lipinski definition) is 1. The van der Waals surface area contributed by atoms with E-state index in [2.05, 4.69) is 29.1 Å². The van der Waals surface area contributed by atoms with Crippen molar-refractivity contribution in [3.05, 3.63) is 23.3 Å². The van der Waals surface area contributed by atoms with Gasteiger partial charge in [0.2, 0.25) is 0 Å². The van der Waals surface area contributed by atoms with E-state index in [0.717, 1.165) is 31.0 Å². The molecule has 2 aliphatic rings. The zero-order chi connectivity index (χ0) is 15.0. The third-order valence-electron chi connectivity index (χ3n) is 4.53. The smallest absolute Gasteiger partial charge is 0.257 e. The lowest BCUT2D eigenvalue weighted by Crippen LogP contribution is -2.39. The highest BCUT2D eigenvalue weighted by Gasteiger charge is 2.32. The Bertz CT molecular complexity index is 543. The minimum absolute atomic E-state index is 0.0908. The molecular formula is C16H24N4O. The second-order valence-corrected chi connectivity index (χ2v) is 6.55. The van der Waals surface area contributed by atoms with E-state index >= 15 is 0 Å². The minimum atomic E-state index is 0.0908. The van der Waals surface area contributed by atoms with Crippen LogP contribution in [0.4, 0.5) is 0 Å². The molecule has 1 amide bonds. The van der Waals surface area contributed by atoms with E-state index in [-0.39, 0.29) is 11.8 Å². The van der Waals surface area contributed by atoms with Crippen LogP contribution in [0.3, 0.4) is 0 Å². The van der Waals surface area contributed by atoms with Gasteiger partial charge in [0.1, 0.15) is 5.82 Å². The molecule has 0 aliphatic carbocycles. The predicted molar refractivity (Wildman–Crippen MR) is 81.3 cm³/mol. The highest BCUT2D eigenvalue weighted by molar-refractivity contribution is 5.95. The second-order valence-electron chi connectivity index (χ2n) is 6.55. The number of aryl methyl sites for hydroxylation is 1. The molecule has 0 spiro atoms. The fourth-order valence-electron chi connectivity index (χ4n) is 3.39. The molecule has 1 N–H and O–H groups in total. The first kappa shape index (κ1) is 14.4. The van der Waals surface area contributed by atoms with Crippen molar-refractivity contribution in [2.24, 2.45) is 0 Å². The van der Waals surface area contributed by atoms with Crippen LogP contribution in [-0.4, -0.2) is 45.9 Å². The highest BCUT2D eigenvalue weighted by atomic mass is 16.2. The van der Waals surface area contributed by atoms with Crippen molar-refractivity contribution in [2.75, 3.05) is 13.1 Å². The molecule has 3 heterocycles. The van der Waals surface area contributed by atoms with Crippen LogP contribution in [0.25, 0.3) is 0 Å². The fourth-order valence-corrected chi connectivity index (χ4v) is 3.39. The van der Waals surface area contributed by atoms with Crippen LogP contribution < -0.4 is 5.32 Å². The van der Waals surface area contributed by atoms with Crippen LogP contribution in [0.5, 0.6) is 0 Å². The fraction of sp³-hybridized carbons (Fsp3) is 0.688. The quantitative estimate of drug-likeness (QED) is 0.902. The number of aromatic nitrogens is 2. The first-order valence-electron chi connectivity index (χ1n) is 7.93. The summed E-state index contributed by atoms with van der Waals surface area (Å²) in [7, 11) is 0. The number of amides is 1. The van der Waals surface area contributed by atoms with Crippen molar-refractivity contribution >= 4 is 5.91 Å². The van der Waals surface area contributed by atoms with Gasteiger partial charge in [-0.2, -0.15) is 0 Å². The van der Waals surface area contributed by atoms with Gasteiger partial charge < -0.3 is 10.2 Å². The number of carbonyl (C=O) groups is 1. The lowest BCUT2D eigenvalue weighted by Gasteiger charge is -2.25. The van der Waals surface area contributed by atoms with E-state index in [1.165, 1.54) is 12.8 Å². The van der Waals surface area contributed by atoms with Crippen molar-refractivity contribution < 1.29 is 4.79 Å². The Morgan fingerprint density at radius 1 is 1.33 bits per heavy atom. The van der Waals surface area contributed by atoms with Gasteiger partial charge in [0.15, 0.2) is 0 Å². The van der Waals surface area contributed by atoms with Crippen LogP contribution in [0.15, 0.2) is 6.20 Å². The average molecular weight is 288 g/mol. The zero-order valence-corrected chi connectivity index (χ0v) is 13.1. The van der Waals surface area contributed by atoms with Crippen LogP contribution >= 0.6 is 0 Å². The third-order valence-corrected chi connectivity index (χ3v) is 4.53. The van der Waals surface area contributed by atoms with E-state index in [0.29, 0.717) is 17.6 Å². The van der Waals surface area contributed by atoms with Crippen molar-refractivity contribution in [1.82, 2.24) is 20.2 Å². The molecule has 21 heavy (non-hydrogen) atoms. The maximum atomic E-state index is 12.9. The summed E-state index contributed by atoms with van der Waals surface area (Å²) >= 11 is 0. The molecule has 5 heteroatoms. The number of fused-ring (bicyclic) bond motifs is 2. The second kappa shape index (κ2) is 5.72. The molecule has 2 bridgehead atoms. The minimum Gasteiger partial charge on any atom is -0.337 e. The topological polar surface area (TPSA) is 58.1 Å². The summed E-state index contributed by atoms with van der Waals surface area (Å²) in [4.78, 5) is 23.6. The zero-order valence-electron chi connectivity index (χ0n) is 13.1. The summed E-state index contributed by atoms with van der Waals surface area (Å²) in [5.74, 6) is 1.05. The van der Waals surface area contributed by atoms with Crippen LogP contribution in [0.2, 0.25) is 0 Å². The molecule has 2 fully saturated rings. The molecule has 1 aromatic heterocycles. The average Bonchev–Trinajstić information content (AvgIpc) is 2.77. The largest absolute Gasteiger partial charge is 0.337 e. The first-order valence-corrected chi connectivity index (χ1v) is 7.93. The highest BCUT2D eigenvalue weighted by Crippen LogP contribution is 2.23. The van der Waals surface area contributed by atoms with Gasteiger partial charge in [0.25, 0.3) is 5.91 Å². The van der Waals surface area contributed by atoms with Gasteiger partial charge in [0.05, 0.1) is 11.3 Å². The summed E-state index contributed by atoms with van der Waals surface area (Å²) in [5, 5.41) is 3.61. The molecule has 2 atom stereocenters. The number of rotatable bonds is 2. The Morgan fingerprint density at radius 2 is 2.10 bits per heavy atom. The van der Waals surface area contributed by atoms with Gasteiger partial charge in [0, 0.05) is 31.4 Å². The van der Waals surface area contributed by atoms with Gasteiger partial charge in [-0.25, -0.2) is 9.97 Å². The molecule has 0 aromatic carbocycles. The van der Waals surface area contributed by atoms with Gasteiger partial charge in [-0.05, 0) is 32.1 Å². The van der Waals surface area contributed by atoms with Gasteiger partial charge in [-0.1, -0.05) is 13.8 Å². The number of likely N-dealkylation sites (tertiary alicyclic amines) is 1. The molecule has 0 saturated carbocycles. The first-order chi connectivity index (χ1) is 10.0. The van der Waals surface area contributed by atoms with Crippen molar-refractivity contribution in [3.8, 4) is 0 Å². The molecule has 2 unspecified atom stereocenters. The monoisotopic (exact) mass is 288 g/mol. The Morgan fingerprint density at radius 3 is 2.86 bits per heavy atom. The lowest BCUT2D eigenvalue weighted by atomic mass is 10.0. The van der Waals surface area contributed by atoms with Crippen molar-refractivity contribution in [1.29, 1.82) is 0 Å². The molecule has 1 aromatic rings. The predicted octanol–water partition coefficient (Wildman–Crippen LogP) is 1.87. The Labute approximate surface area is 126 Å². The molecule has 114 valence electrons. The van der Waals surface area contributed by atoms with E-state index in [1.54, 1.807) is 6.20 Å². The molecule has 5 nitrogen and oxygen atoms in total. The Balaban J connectivity index is 1.84. The van der Waals surface area contributed by atoms with Crippen molar-refractivity contribution in [2.45, 2.75) is 58.0 Å². The molecule has 2 saturated heterocycles. The maximum absolute atomic E-state index is 12.9. The van der Waals surface area contributed by atoms with Crippen LogP contribution in [0.1, 0.15) is 60.9 Å². The maximum Gasteiger partial charge on any atom is 0.257 e. The van der Waals surface area contributed by atoms with E-state index < -0.39 is 0 Å².